The number of H-pyrrole nitrogens is 1. The number of aromatic nitrogens is 1. The summed E-state index contributed by atoms with van der Waals surface area (Å²) in [6.07, 6.45) is 2.36. The van der Waals surface area contributed by atoms with Crippen molar-refractivity contribution in [3.05, 3.63) is 64.3 Å². The summed E-state index contributed by atoms with van der Waals surface area (Å²) in [5.74, 6) is -0.242. The fourth-order valence-electron chi connectivity index (χ4n) is 2.92. The fourth-order valence-corrected chi connectivity index (χ4v) is 3.29. The lowest BCUT2D eigenvalue weighted by molar-refractivity contribution is -0.117. The van der Waals surface area contributed by atoms with Crippen molar-refractivity contribution in [2.24, 2.45) is 5.73 Å². The van der Waals surface area contributed by atoms with Gasteiger partial charge in [0.15, 0.2) is 0 Å². The number of nitrogens with one attached hydrogen (secondary N) is 2. The molecule has 3 aromatic rings. The molecular weight excluding hydrogens is 322 g/mol. The second kappa shape index (κ2) is 6.67. The van der Waals surface area contributed by atoms with Gasteiger partial charge in [-0.05, 0) is 49.1 Å². The fraction of sp³-hybridized carbons (Fsp3) is 0.211. The van der Waals surface area contributed by atoms with Gasteiger partial charge in [0, 0.05) is 17.1 Å². The van der Waals surface area contributed by atoms with E-state index in [2.05, 4.69) is 10.3 Å². The molecule has 0 aliphatic carbocycles. The molecule has 0 fully saturated rings. The molecule has 0 saturated carbocycles. The van der Waals surface area contributed by atoms with Gasteiger partial charge in [-0.1, -0.05) is 35.9 Å². The quantitative estimate of drug-likeness (QED) is 0.672. The summed E-state index contributed by atoms with van der Waals surface area (Å²) in [5.41, 5.74) is 10.8. The number of hydrogen-bond acceptors (Lipinski definition) is 2. The van der Waals surface area contributed by atoms with Crippen LogP contribution in [0.25, 0.3) is 10.9 Å². The van der Waals surface area contributed by atoms with Gasteiger partial charge in [0.05, 0.1) is 16.8 Å². The lowest BCUT2D eigenvalue weighted by Crippen LogP contribution is -2.37. The van der Waals surface area contributed by atoms with E-state index >= 15 is 0 Å². The first-order valence-corrected chi connectivity index (χ1v) is 8.21. The monoisotopic (exact) mass is 341 g/mol. The number of amides is 1. The van der Waals surface area contributed by atoms with Crippen LogP contribution in [-0.2, 0) is 11.2 Å². The Labute approximate surface area is 146 Å². The van der Waals surface area contributed by atoms with Gasteiger partial charge in [-0.15, -0.1) is 0 Å². The van der Waals surface area contributed by atoms with Crippen molar-refractivity contribution >= 4 is 34.1 Å². The summed E-state index contributed by atoms with van der Waals surface area (Å²) in [5, 5.41) is 4.48. The molecule has 4 nitrogen and oxygen atoms in total. The molecule has 24 heavy (non-hydrogen) atoms. The Morgan fingerprint density at radius 2 is 2.04 bits per heavy atom. The molecule has 0 bridgehead atoms. The molecule has 1 amide bonds. The maximum Gasteiger partial charge on any atom is 0.241 e. The number of benzene rings is 2. The second-order valence-corrected chi connectivity index (χ2v) is 6.51. The number of fused-ring (bicyclic) bond motifs is 1. The zero-order chi connectivity index (χ0) is 17.3. The Morgan fingerprint density at radius 3 is 2.79 bits per heavy atom. The highest BCUT2D eigenvalue weighted by Gasteiger charge is 2.18. The van der Waals surface area contributed by atoms with Crippen molar-refractivity contribution in [1.29, 1.82) is 0 Å². The molecule has 0 radical (unpaired) electrons. The van der Waals surface area contributed by atoms with E-state index in [4.69, 9.17) is 17.3 Å². The number of nitrogens with two attached hydrogens (primary N) is 1. The van der Waals surface area contributed by atoms with E-state index in [1.165, 1.54) is 0 Å². The summed E-state index contributed by atoms with van der Waals surface area (Å²) in [7, 11) is 0. The van der Waals surface area contributed by atoms with Gasteiger partial charge in [0.2, 0.25) is 5.91 Å². The number of rotatable bonds is 4. The largest absolute Gasteiger partial charge is 0.361 e. The van der Waals surface area contributed by atoms with Crippen LogP contribution >= 0.6 is 11.6 Å². The SMILES string of the molecule is Cc1cc(C)c(NC(=O)[C@@H](N)Cc2c[nH]c3ccccc23)c(Cl)c1. The van der Waals surface area contributed by atoms with Gasteiger partial charge >= 0.3 is 0 Å². The van der Waals surface area contributed by atoms with Crippen LogP contribution in [0.15, 0.2) is 42.6 Å². The zero-order valence-corrected chi connectivity index (χ0v) is 14.4. The average molecular weight is 342 g/mol. The summed E-state index contributed by atoms with van der Waals surface area (Å²) in [6, 6.07) is 11.1. The standard InChI is InChI=1S/C19H20ClN3O/c1-11-7-12(2)18(15(20)8-11)23-19(24)16(21)9-13-10-22-17-6-4-3-5-14(13)17/h3-8,10,16,22H,9,21H2,1-2H3,(H,23,24)/t16-/m0/s1. The number of anilines is 1. The molecule has 2 aromatic carbocycles. The molecule has 1 atom stereocenters. The molecule has 0 unspecified atom stereocenters. The highest BCUT2D eigenvalue weighted by atomic mass is 35.5. The average Bonchev–Trinajstić information content (AvgIpc) is 2.94. The molecule has 4 N–H and O–H groups in total. The van der Waals surface area contributed by atoms with Crippen LogP contribution in [0.1, 0.15) is 16.7 Å². The topological polar surface area (TPSA) is 70.9 Å². The minimum Gasteiger partial charge on any atom is -0.361 e. The van der Waals surface area contributed by atoms with Crippen LogP contribution in [0.2, 0.25) is 5.02 Å². The highest BCUT2D eigenvalue weighted by Crippen LogP contribution is 2.27. The van der Waals surface area contributed by atoms with Gasteiger partial charge in [0.25, 0.3) is 0 Å². The first-order valence-electron chi connectivity index (χ1n) is 7.84. The summed E-state index contributed by atoms with van der Waals surface area (Å²) in [6.45, 7) is 3.88. The lowest BCUT2D eigenvalue weighted by Gasteiger charge is -2.15. The van der Waals surface area contributed by atoms with Crippen LogP contribution in [0, 0.1) is 13.8 Å². The minimum absolute atomic E-state index is 0.242. The number of aryl methyl sites for hydroxylation is 2. The molecule has 0 aliphatic heterocycles. The molecule has 124 valence electrons. The van der Waals surface area contributed by atoms with Crippen molar-refractivity contribution in [1.82, 2.24) is 4.98 Å². The minimum atomic E-state index is -0.652. The maximum absolute atomic E-state index is 12.5. The Balaban J connectivity index is 1.76. The van der Waals surface area contributed by atoms with Crippen molar-refractivity contribution in [2.75, 3.05) is 5.32 Å². The number of halogens is 1. The van der Waals surface area contributed by atoms with E-state index in [-0.39, 0.29) is 5.91 Å². The molecule has 1 aromatic heterocycles. The van der Waals surface area contributed by atoms with Crippen molar-refractivity contribution in [3.63, 3.8) is 0 Å². The van der Waals surface area contributed by atoms with Gasteiger partial charge in [-0.3, -0.25) is 4.79 Å². The Hall–Kier alpha value is -2.30. The van der Waals surface area contributed by atoms with Crippen LogP contribution in [0.5, 0.6) is 0 Å². The Morgan fingerprint density at radius 1 is 1.29 bits per heavy atom. The van der Waals surface area contributed by atoms with Crippen LogP contribution in [0.4, 0.5) is 5.69 Å². The van der Waals surface area contributed by atoms with E-state index < -0.39 is 6.04 Å². The number of para-hydroxylation sites is 1. The summed E-state index contributed by atoms with van der Waals surface area (Å²) >= 11 is 6.24. The van der Waals surface area contributed by atoms with Gasteiger partial charge < -0.3 is 16.0 Å². The third kappa shape index (κ3) is 3.30. The van der Waals surface area contributed by atoms with Gasteiger partial charge in [0.1, 0.15) is 0 Å². The predicted octanol–water partition coefficient (Wildman–Crippen LogP) is 3.95. The van der Waals surface area contributed by atoms with E-state index in [0.717, 1.165) is 27.6 Å². The molecule has 3 rings (SSSR count). The molecule has 0 spiro atoms. The maximum atomic E-state index is 12.5. The predicted molar refractivity (Wildman–Crippen MR) is 99.5 cm³/mol. The third-order valence-electron chi connectivity index (χ3n) is 4.13. The van der Waals surface area contributed by atoms with Crippen molar-refractivity contribution < 1.29 is 4.79 Å². The highest BCUT2D eigenvalue weighted by molar-refractivity contribution is 6.34. The first-order chi connectivity index (χ1) is 11.5. The third-order valence-corrected chi connectivity index (χ3v) is 4.43. The molecule has 5 heteroatoms. The van der Waals surface area contributed by atoms with Gasteiger partial charge in [-0.25, -0.2) is 0 Å². The Kier molecular flexibility index (Phi) is 4.60. The van der Waals surface area contributed by atoms with Crippen LogP contribution in [0.3, 0.4) is 0 Å². The van der Waals surface area contributed by atoms with E-state index in [0.29, 0.717) is 17.1 Å². The molecule has 0 saturated heterocycles. The summed E-state index contributed by atoms with van der Waals surface area (Å²) < 4.78 is 0. The number of hydrogen-bond donors (Lipinski definition) is 3. The number of carbonyl (C=O) groups is 1. The molecule has 1 heterocycles. The van der Waals surface area contributed by atoms with E-state index in [1.807, 2.05) is 56.4 Å². The van der Waals surface area contributed by atoms with Crippen molar-refractivity contribution in [3.8, 4) is 0 Å². The van der Waals surface area contributed by atoms with E-state index in [1.54, 1.807) is 0 Å². The second-order valence-electron chi connectivity index (χ2n) is 6.10. The normalized spacial score (nSPS) is 12.3. The van der Waals surface area contributed by atoms with Gasteiger partial charge in [-0.2, -0.15) is 0 Å². The summed E-state index contributed by atoms with van der Waals surface area (Å²) in [4.78, 5) is 15.7. The number of aromatic amines is 1. The Bertz CT molecular complexity index is 878. The molecular formula is C19H20ClN3O. The first kappa shape index (κ1) is 16.6. The smallest absolute Gasteiger partial charge is 0.241 e. The molecule has 0 aliphatic rings. The van der Waals surface area contributed by atoms with Crippen LogP contribution < -0.4 is 11.1 Å². The van der Waals surface area contributed by atoms with Crippen molar-refractivity contribution in [2.45, 2.75) is 26.3 Å². The zero-order valence-electron chi connectivity index (χ0n) is 13.7. The van der Waals surface area contributed by atoms with Crippen LogP contribution in [-0.4, -0.2) is 16.9 Å². The van der Waals surface area contributed by atoms with E-state index in [9.17, 15) is 4.79 Å². The lowest BCUT2D eigenvalue weighted by atomic mass is 10.0. The number of carbonyl (C=O) groups excluding carboxylic acids is 1.